The van der Waals surface area contributed by atoms with Crippen molar-refractivity contribution in [3.05, 3.63) is 52.8 Å². The second-order valence-corrected chi connectivity index (χ2v) is 4.94. The van der Waals surface area contributed by atoms with Crippen molar-refractivity contribution in [2.75, 3.05) is 5.32 Å². The van der Waals surface area contributed by atoms with Gasteiger partial charge in [0.05, 0.1) is 0 Å². The number of benzene rings is 1. The van der Waals surface area contributed by atoms with Gasteiger partial charge in [0.1, 0.15) is 0 Å². The summed E-state index contributed by atoms with van der Waals surface area (Å²) in [7, 11) is 2.04. The van der Waals surface area contributed by atoms with E-state index in [1.165, 1.54) is 11.4 Å². The molecule has 0 bridgehead atoms. The summed E-state index contributed by atoms with van der Waals surface area (Å²) in [5.41, 5.74) is 6.07. The number of aryl methyl sites for hydroxylation is 1. The van der Waals surface area contributed by atoms with Gasteiger partial charge in [-0.05, 0) is 37.6 Å². The highest BCUT2D eigenvalue weighted by molar-refractivity contribution is 6.34. The van der Waals surface area contributed by atoms with Crippen LogP contribution in [-0.2, 0) is 11.8 Å². The first-order valence-corrected chi connectivity index (χ1v) is 6.33. The highest BCUT2D eigenvalue weighted by Crippen LogP contribution is 2.33. The molecule has 1 aromatic carbocycles. The molecule has 1 aliphatic rings. The summed E-state index contributed by atoms with van der Waals surface area (Å²) in [6.45, 7) is 4.13. The minimum atomic E-state index is -0.0258. The molecular weight excluding hydrogens is 236 g/mol. The topological polar surface area (TPSA) is 34.0 Å². The summed E-state index contributed by atoms with van der Waals surface area (Å²) in [6, 6.07) is 9.90. The minimum absolute atomic E-state index is 0.0258. The minimum Gasteiger partial charge on any atom is -0.352 e. The van der Waals surface area contributed by atoms with Crippen molar-refractivity contribution in [1.29, 1.82) is 0 Å². The Bertz CT molecular complexity index is 708. The Morgan fingerprint density at radius 2 is 1.95 bits per heavy atom. The van der Waals surface area contributed by atoms with E-state index in [0.717, 1.165) is 22.4 Å². The largest absolute Gasteiger partial charge is 0.352 e. The van der Waals surface area contributed by atoms with Crippen LogP contribution in [0.1, 0.15) is 22.5 Å². The molecule has 0 atom stereocenters. The lowest BCUT2D eigenvalue weighted by Crippen LogP contribution is -2.03. The summed E-state index contributed by atoms with van der Waals surface area (Å²) in [6.07, 6.45) is 1.98. The fraction of sp³-hybridized carbons (Fsp3) is 0.188. The van der Waals surface area contributed by atoms with Gasteiger partial charge in [-0.3, -0.25) is 4.79 Å². The highest BCUT2D eigenvalue weighted by atomic mass is 16.2. The van der Waals surface area contributed by atoms with E-state index in [0.29, 0.717) is 0 Å². The second-order valence-electron chi connectivity index (χ2n) is 4.94. The van der Waals surface area contributed by atoms with E-state index < -0.39 is 0 Å². The van der Waals surface area contributed by atoms with Crippen molar-refractivity contribution in [2.45, 2.75) is 13.8 Å². The molecule has 1 aliphatic heterocycles. The lowest BCUT2D eigenvalue weighted by Gasteiger charge is -2.00. The van der Waals surface area contributed by atoms with Crippen LogP contribution in [0.25, 0.3) is 11.6 Å². The highest BCUT2D eigenvalue weighted by Gasteiger charge is 2.23. The number of amides is 1. The maximum Gasteiger partial charge on any atom is 0.256 e. The number of hydrogen-bond donors (Lipinski definition) is 1. The normalized spacial score (nSPS) is 15.7. The number of anilines is 1. The lowest BCUT2D eigenvalue weighted by atomic mass is 10.0. The molecule has 2 heterocycles. The molecule has 96 valence electrons. The van der Waals surface area contributed by atoms with Crippen LogP contribution in [0.2, 0.25) is 0 Å². The van der Waals surface area contributed by atoms with Crippen molar-refractivity contribution in [2.24, 2.45) is 7.05 Å². The first kappa shape index (κ1) is 11.8. The van der Waals surface area contributed by atoms with Gasteiger partial charge in [-0.25, -0.2) is 0 Å². The van der Waals surface area contributed by atoms with Gasteiger partial charge in [0.2, 0.25) is 0 Å². The molecule has 3 heteroatoms. The third-order valence-corrected chi connectivity index (χ3v) is 3.82. The van der Waals surface area contributed by atoms with Gasteiger partial charge in [-0.2, -0.15) is 0 Å². The second kappa shape index (κ2) is 4.12. The van der Waals surface area contributed by atoms with Crippen LogP contribution in [0.3, 0.4) is 0 Å². The maximum atomic E-state index is 12.1. The maximum absolute atomic E-state index is 12.1. The Kier molecular flexibility index (Phi) is 2.56. The van der Waals surface area contributed by atoms with Gasteiger partial charge in [0.15, 0.2) is 0 Å². The van der Waals surface area contributed by atoms with Crippen molar-refractivity contribution >= 4 is 23.2 Å². The molecule has 1 amide bonds. The van der Waals surface area contributed by atoms with Crippen LogP contribution in [0.5, 0.6) is 0 Å². The van der Waals surface area contributed by atoms with Crippen molar-refractivity contribution in [3.63, 3.8) is 0 Å². The Morgan fingerprint density at radius 3 is 2.63 bits per heavy atom. The molecule has 0 spiro atoms. The molecule has 0 fully saturated rings. The third kappa shape index (κ3) is 1.78. The zero-order valence-corrected chi connectivity index (χ0v) is 11.3. The summed E-state index contributed by atoms with van der Waals surface area (Å²) < 4.78 is 2.13. The van der Waals surface area contributed by atoms with Crippen LogP contribution in [-0.4, -0.2) is 10.5 Å². The predicted molar refractivity (Wildman–Crippen MR) is 77.8 cm³/mol. The smallest absolute Gasteiger partial charge is 0.256 e. The molecule has 2 aromatic rings. The Hall–Kier alpha value is -2.29. The monoisotopic (exact) mass is 252 g/mol. The lowest BCUT2D eigenvalue weighted by molar-refractivity contribution is -0.110. The number of carbonyl (C=O) groups is 1. The third-order valence-electron chi connectivity index (χ3n) is 3.82. The molecular formula is C16H16N2O. The number of aromatic nitrogens is 1. The van der Waals surface area contributed by atoms with Crippen LogP contribution in [0.15, 0.2) is 30.3 Å². The van der Waals surface area contributed by atoms with Crippen molar-refractivity contribution < 1.29 is 4.79 Å². The number of fused-ring (bicyclic) bond motifs is 1. The zero-order valence-electron chi connectivity index (χ0n) is 11.3. The van der Waals surface area contributed by atoms with E-state index >= 15 is 0 Å². The number of nitrogens with one attached hydrogen (secondary N) is 1. The van der Waals surface area contributed by atoms with Gasteiger partial charge in [-0.1, -0.05) is 18.2 Å². The number of hydrogen-bond acceptors (Lipinski definition) is 1. The number of carbonyl (C=O) groups excluding carboxylic acids is 1. The molecule has 1 aromatic heterocycles. The number of rotatable bonds is 1. The molecule has 0 aliphatic carbocycles. The van der Waals surface area contributed by atoms with E-state index in [4.69, 9.17) is 0 Å². The summed E-state index contributed by atoms with van der Waals surface area (Å²) in [4.78, 5) is 12.1. The quantitative estimate of drug-likeness (QED) is 0.777. The van der Waals surface area contributed by atoms with E-state index in [9.17, 15) is 4.79 Å². The van der Waals surface area contributed by atoms with E-state index in [-0.39, 0.29) is 5.91 Å². The predicted octanol–water partition coefficient (Wildman–Crippen LogP) is 3.13. The van der Waals surface area contributed by atoms with Gasteiger partial charge < -0.3 is 9.88 Å². The Labute approximate surface area is 112 Å². The molecule has 19 heavy (non-hydrogen) atoms. The standard InChI is InChI=1S/C16H16N2O/c1-10-8-12(11(2)18(10)3)9-14-13-6-4-5-7-15(13)17-16(14)19/h4-9H,1-3H3,(H,17,19)/b14-9+. The summed E-state index contributed by atoms with van der Waals surface area (Å²) >= 11 is 0. The van der Waals surface area contributed by atoms with Crippen molar-refractivity contribution in [3.8, 4) is 0 Å². The van der Waals surface area contributed by atoms with E-state index in [1.807, 2.05) is 37.4 Å². The first-order valence-electron chi connectivity index (χ1n) is 6.33. The summed E-state index contributed by atoms with van der Waals surface area (Å²) in [5, 5.41) is 2.89. The molecule has 0 saturated carbocycles. The Balaban J connectivity index is 2.14. The molecule has 0 radical (unpaired) electrons. The molecule has 0 saturated heterocycles. The van der Waals surface area contributed by atoms with Gasteiger partial charge in [-0.15, -0.1) is 0 Å². The van der Waals surface area contributed by atoms with E-state index in [2.05, 4.69) is 29.8 Å². The average molecular weight is 252 g/mol. The van der Waals surface area contributed by atoms with Crippen LogP contribution < -0.4 is 5.32 Å². The Morgan fingerprint density at radius 1 is 1.21 bits per heavy atom. The van der Waals surface area contributed by atoms with Gasteiger partial charge in [0, 0.05) is 35.3 Å². The van der Waals surface area contributed by atoms with Crippen molar-refractivity contribution in [1.82, 2.24) is 4.57 Å². The van der Waals surface area contributed by atoms with Crippen LogP contribution in [0, 0.1) is 13.8 Å². The SMILES string of the molecule is Cc1cc(/C=C2/C(=O)Nc3ccccc32)c(C)n1C. The van der Waals surface area contributed by atoms with E-state index in [1.54, 1.807) is 0 Å². The molecule has 1 N–H and O–H groups in total. The molecule has 0 unspecified atom stereocenters. The number of para-hydroxylation sites is 1. The average Bonchev–Trinajstić information content (AvgIpc) is 2.83. The number of nitrogens with zero attached hydrogens (tertiary/aromatic N) is 1. The first-order chi connectivity index (χ1) is 9.08. The fourth-order valence-corrected chi connectivity index (χ4v) is 2.47. The summed E-state index contributed by atoms with van der Waals surface area (Å²) in [5.74, 6) is -0.0258. The molecule has 3 nitrogen and oxygen atoms in total. The van der Waals surface area contributed by atoms with Gasteiger partial charge in [0.25, 0.3) is 5.91 Å². The fourth-order valence-electron chi connectivity index (χ4n) is 2.47. The zero-order chi connectivity index (χ0) is 13.6. The van der Waals surface area contributed by atoms with Crippen LogP contribution >= 0.6 is 0 Å². The van der Waals surface area contributed by atoms with Crippen LogP contribution in [0.4, 0.5) is 5.69 Å². The van der Waals surface area contributed by atoms with Gasteiger partial charge >= 0.3 is 0 Å². The molecule has 3 rings (SSSR count).